The summed E-state index contributed by atoms with van der Waals surface area (Å²) < 4.78 is 16.5. The highest BCUT2D eigenvalue weighted by Crippen LogP contribution is 2.38. The van der Waals surface area contributed by atoms with Gasteiger partial charge in [-0.05, 0) is 44.4 Å². The Morgan fingerprint density at radius 2 is 2.14 bits per heavy atom. The van der Waals surface area contributed by atoms with Crippen LogP contribution in [0.2, 0.25) is 0 Å². The minimum Gasteiger partial charge on any atom is -0.480 e. The van der Waals surface area contributed by atoms with Gasteiger partial charge < -0.3 is 25.3 Å². The molecule has 21 heavy (non-hydrogen) atoms. The number of fused-ring (bicyclic) bond motifs is 1. The lowest BCUT2D eigenvalue weighted by Crippen LogP contribution is -2.37. The molecule has 0 spiro atoms. The Balaban J connectivity index is 1.74. The number of benzene rings is 1. The van der Waals surface area contributed by atoms with Crippen LogP contribution in [0.25, 0.3) is 0 Å². The van der Waals surface area contributed by atoms with Gasteiger partial charge in [-0.15, -0.1) is 0 Å². The number of hydrogen-bond acceptors (Lipinski definition) is 5. The molecule has 1 unspecified atom stereocenters. The van der Waals surface area contributed by atoms with E-state index in [4.69, 9.17) is 19.9 Å². The first-order chi connectivity index (χ1) is 10.2. The van der Waals surface area contributed by atoms with Gasteiger partial charge in [0, 0.05) is 12.1 Å². The Morgan fingerprint density at radius 1 is 1.43 bits per heavy atom. The summed E-state index contributed by atoms with van der Waals surface area (Å²) >= 11 is 0. The number of nitrogens with two attached hydrogens (primary N) is 1. The maximum Gasteiger partial charge on any atom is 0.260 e. The molecule has 3 N–H and O–H groups in total. The predicted molar refractivity (Wildman–Crippen MR) is 76.6 cm³/mol. The standard InChI is InChI=1S/C15H20N2O4/c1-9(15(18)17-11-2-3-11)21-12-7-14-13(19-8-20-14)6-10(12)4-5-16/h6-7,9,11H,2-5,8,16H2,1H3,(H,17,18). The number of hydrogen-bond donors (Lipinski definition) is 2. The molecule has 2 aliphatic rings. The molecule has 0 radical (unpaired) electrons. The first-order valence-electron chi connectivity index (χ1n) is 7.27. The van der Waals surface area contributed by atoms with Gasteiger partial charge in [-0.1, -0.05) is 0 Å². The van der Waals surface area contributed by atoms with Crippen LogP contribution in [0.3, 0.4) is 0 Å². The maximum absolute atomic E-state index is 12.0. The minimum atomic E-state index is -0.553. The lowest BCUT2D eigenvalue weighted by molar-refractivity contribution is -0.127. The van der Waals surface area contributed by atoms with Crippen molar-refractivity contribution in [2.24, 2.45) is 5.73 Å². The van der Waals surface area contributed by atoms with E-state index in [-0.39, 0.29) is 12.7 Å². The van der Waals surface area contributed by atoms with Crippen molar-refractivity contribution in [3.05, 3.63) is 17.7 Å². The zero-order chi connectivity index (χ0) is 14.8. The number of carbonyl (C=O) groups is 1. The molecule has 6 heteroatoms. The van der Waals surface area contributed by atoms with E-state index in [1.165, 1.54) is 0 Å². The summed E-state index contributed by atoms with van der Waals surface area (Å²) in [6, 6.07) is 3.97. The number of nitrogens with one attached hydrogen (secondary N) is 1. The third-order valence-corrected chi connectivity index (χ3v) is 3.57. The summed E-state index contributed by atoms with van der Waals surface area (Å²) in [5, 5.41) is 2.93. The van der Waals surface area contributed by atoms with Gasteiger partial charge in [-0.2, -0.15) is 0 Å². The molecule has 6 nitrogen and oxygen atoms in total. The summed E-state index contributed by atoms with van der Waals surface area (Å²) in [4.78, 5) is 12.0. The summed E-state index contributed by atoms with van der Waals surface area (Å²) in [5.41, 5.74) is 6.56. The fraction of sp³-hybridized carbons (Fsp3) is 0.533. The molecular weight excluding hydrogens is 272 g/mol. The van der Waals surface area contributed by atoms with Crippen molar-refractivity contribution in [1.82, 2.24) is 5.32 Å². The second kappa shape index (κ2) is 5.81. The van der Waals surface area contributed by atoms with Crippen LogP contribution in [-0.2, 0) is 11.2 Å². The smallest absolute Gasteiger partial charge is 0.260 e. The number of carbonyl (C=O) groups excluding carboxylic acids is 1. The molecule has 1 aliphatic heterocycles. The van der Waals surface area contributed by atoms with Gasteiger partial charge in [0.25, 0.3) is 5.91 Å². The second-order valence-electron chi connectivity index (χ2n) is 5.39. The molecule has 1 aromatic rings. The molecular formula is C15H20N2O4. The van der Waals surface area contributed by atoms with Gasteiger partial charge in [0.15, 0.2) is 17.6 Å². The van der Waals surface area contributed by atoms with Crippen molar-refractivity contribution < 1.29 is 19.0 Å². The molecule has 0 aromatic heterocycles. The molecule has 0 bridgehead atoms. The van der Waals surface area contributed by atoms with Crippen LogP contribution < -0.4 is 25.3 Å². The van der Waals surface area contributed by atoms with Crippen LogP contribution in [0.15, 0.2) is 12.1 Å². The Bertz CT molecular complexity index is 543. The lowest BCUT2D eigenvalue weighted by Gasteiger charge is -2.17. The summed E-state index contributed by atoms with van der Waals surface area (Å²) in [6.45, 7) is 2.45. The number of rotatable bonds is 6. The van der Waals surface area contributed by atoms with Crippen molar-refractivity contribution >= 4 is 5.91 Å². The molecule has 0 saturated heterocycles. The Labute approximate surface area is 123 Å². The first kappa shape index (κ1) is 14.0. The van der Waals surface area contributed by atoms with Crippen LogP contribution in [0.4, 0.5) is 0 Å². The lowest BCUT2D eigenvalue weighted by atomic mass is 10.1. The van der Waals surface area contributed by atoms with E-state index in [1.54, 1.807) is 13.0 Å². The quantitative estimate of drug-likeness (QED) is 0.816. The average Bonchev–Trinajstić information content (AvgIpc) is 3.15. The molecule has 1 atom stereocenters. The van der Waals surface area contributed by atoms with E-state index in [2.05, 4.69) is 5.32 Å². The van der Waals surface area contributed by atoms with E-state index >= 15 is 0 Å². The Kier molecular flexibility index (Phi) is 3.88. The van der Waals surface area contributed by atoms with E-state index < -0.39 is 6.10 Å². The van der Waals surface area contributed by atoms with Crippen LogP contribution in [0.1, 0.15) is 25.3 Å². The fourth-order valence-electron chi connectivity index (χ4n) is 2.22. The van der Waals surface area contributed by atoms with Gasteiger partial charge in [-0.25, -0.2) is 0 Å². The number of amides is 1. The molecule has 114 valence electrons. The normalized spacial score (nSPS) is 17.4. The third kappa shape index (κ3) is 3.21. The monoisotopic (exact) mass is 292 g/mol. The molecule has 1 amide bonds. The van der Waals surface area contributed by atoms with E-state index in [0.29, 0.717) is 36.3 Å². The maximum atomic E-state index is 12.0. The topological polar surface area (TPSA) is 82.8 Å². The molecule has 1 heterocycles. The first-order valence-corrected chi connectivity index (χ1v) is 7.27. The van der Waals surface area contributed by atoms with Gasteiger partial charge in [0.2, 0.25) is 6.79 Å². The summed E-state index contributed by atoms with van der Waals surface area (Å²) in [5.74, 6) is 1.87. The van der Waals surface area contributed by atoms with Crippen molar-refractivity contribution in [2.45, 2.75) is 38.3 Å². The fourth-order valence-corrected chi connectivity index (χ4v) is 2.22. The zero-order valence-electron chi connectivity index (χ0n) is 12.1. The van der Waals surface area contributed by atoms with Crippen molar-refractivity contribution in [3.63, 3.8) is 0 Å². The van der Waals surface area contributed by atoms with Crippen molar-refractivity contribution in [3.8, 4) is 17.2 Å². The SMILES string of the molecule is CC(Oc1cc2c(cc1CCN)OCO2)C(=O)NC1CC1. The van der Waals surface area contributed by atoms with Crippen molar-refractivity contribution in [2.75, 3.05) is 13.3 Å². The molecule has 1 saturated carbocycles. The second-order valence-corrected chi connectivity index (χ2v) is 5.39. The molecule has 1 aromatic carbocycles. The molecule has 1 fully saturated rings. The van der Waals surface area contributed by atoms with Crippen LogP contribution in [-0.4, -0.2) is 31.4 Å². The zero-order valence-corrected chi connectivity index (χ0v) is 12.1. The number of ether oxygens (including phenoxy) is 3. The Morgan fingerprint density at radius 3 is 2.81 bits per heavy atom. The minimum absolute atomic E-state index is 0.0890. The highest BCUT2D eigenvalue weighted by atomic mass is 16.7. The van der Waals surface area contributed by atoms with Crippen LogP contribution >= 0.6 is 0 Å². The molecule has 3 rings (SSSR count). The van der Waals surface area contributed by atoms with E-state index in [9.17, 15) is 4.79 Å². The van der Waals surface area contributed by atoms with Crippen LogP contribution in [0.5, 0.6) is 17.2 Å². The highest BCUT2D eigenvalue weighted by molar-refractivity contribution is 5.81. The van der Waals surface area contributed by atoms with Gasteiger partial charge in [0.05, 0.1) is 0 Å². The largest absolute Gasteiger partial charge is 0.480 e. The van der Waals surface area contributed by atoms with E-state index in [0.717, 1.165) is 18.4 Å². The highest BCUT2D eigenvalue weighted by Gasteiger charge is 2.27. The summed E-state index contributed by atoms with van der Waals surface area (Å²) in [6.07, 6.45) is 2.22. The van der Waals surface area contributed by atoms with Crippen LogP contribution in [0, 0.1) is 0 Å². The van der Waals surface area contributed by atoms with Gasteiger partial charge in [-0.3, -0.25) is 4.79 Å². The average molecular weight is 292 g/mol. The van der Waals surface area contributed by atoms with Gasteiger partial charge in [0.1, 0.15) is 5.75 Å². The Hall–Kier alpha value is -1.95. The van der Waals surface area contributed by atoms with Crippen molar-refractivity contribution in [1.29, 1.82) is 0 Å². The summed E-state index contributed by atoms with van der Waals surface area (Å²) in [7, 11) is 0. The predicted octanol–water partition coefficient (Wildman–Crippen LogP) is 0.962. The van der Waals surface area contributed by atoms with E-state index in [1.807, 2.05) is 6.07 Å². The third-order valence-electron chi connectivity index (χ3n) is 3.57. The molecule has 1 aliphatic carbocycles. The van der Waals surface area contributed by atoms with Gasteiger partial charge >= 0.3 is 0 Å².